The molecule has 6 heteroatoms. The Balaban J connectivity index is 0.000000704. The van der Waals surface area contributed by atoms with Crippen LogP contribution < -0.4 is 4.72 Å². The molecule has 3 rings (SSSR count). The van der Waals surface area contributed by atoms with Crippen molar-refractivity contribution in [2.45, 2.75) is 25.2 Å². The molecule has 0 aromatic heterocycles. The number of anilines is 1. The van der Waals surface area contributed by atoms with Crippen LogP contribution in [0.4, 0.5) is 5.69 Å². The van der Waals surface area contributed by atoms with E-state index in [0.717, 1.165) is 33.3 Å². The van der Waals surface area contributed by atoms with Gasteiger partial charge in [0, 0.05) is 26.6 Å². The van der Waals surface area contributed by atoms with Gasteiger partial charge in [0.05, 0.1) is 26.4 Å². The van der Waals surface area contributed by atoms with Crippen molar-refractivity contribution in [3.8, 4) is 0 Å². The third-order valence-electron chi connectivity index (χ3n) is 2.99. The highest BCUT2D eigenvalue weighted by Gasteiger charge is 2.22. The summed E-state index contributed by atoms with van der Waals surface area (Å²) < 4.78 is 20.4. The normalized spacial score (nSPS) is 15.7. The van der Waals surface area contributed by atoms with Crippen molar-refractivity contribution in [1.82, 2.24) is 0 Å². The van der Waals surface area contributed by atoms with Crippen molar-refractivity contribution in [3.05, 3.63) is 35.9 Å². The van der Waals surface area contributed by atoms with E-state index in [-0.39, 0.29) is 0 Å². The molecule has 1 aliphatic heterocycles. The molecule has 0 bridgehead atoms. The summed E-state index contributed by atoms with van der Waals surface area (Å²) >= 11 is 2.11. The monoisotopic (exact) mass is 421 g/mol. The largest absolute Gasteiger partial charge is 0.305 e. The van der Waals surface area contributed by atoms with Gasteiger partial charge in [-0.3, -0.25) is 0 Å². The summed E-state index contributed by atoms with van der Waals surface area (Å²) in [6, 6.07) is 10.1. The van der Waals surface area contributed by atoms with E-state index in [2.05, 4.69) is 38.1 Å². The molecule has 0 saturated carbocycles. The maximum Gasteiger partial charge on any atom is 0.151 e. The number of rotatable bonds is 4. The zero-order valence-corrected chi connectivity index (χ0v) is 15.1. The van der Waals surface area contributed by atoms with E-state index in [1.54, 1.807) is 0 Å². The predicted octanol–water partition coefficient (Wildman–Crippen LogP) is 4.87. The first-order valence-corrected chi connectivity index (χ1v) is 10.9. The van der Waals surface area contributed by atoms with Crippen LogP contribution in [0.2, 0.25) is 0 Å². The molecule has 1 atom stereocenters. The number of hydrogen-bond donors (Lipinski definition) is 1. The van der Waals surface area contributed by atoms with Crippen molar-refractivity contribution in [2.24, 2.45) is 0 Å². The Morgan fingerprint density at radius 3 is 2.85 bits per heavy atom. The fourth-order valence-electron chi connectivity index (χ4n) is 2.20. The first kappa shape index (κ1) is 16.1. The second-order valence-electron chi connectivity index (χ2n) is 3.96. The molecule has 1 heterocycles. The fraction of sp³-hybridized carbons (Fsp3) is 0.286. The smallest absolute Gasteiger partial charge is 0.151 e. The van der Waals surface area contributed by atoms with Gasteiger partial charge in [-0.1, -0.05) is 38.1 Å². The van der Waals surface area contributed by atoms with Crippen LogP contribution >= 0.6 is 30.4 Å². The van der Waals surface area contributed by atoms with Gasteiger partial charge in [-0.25, -0.2) is 4.21 Å². The van der Waals surface area contributed by atoms with Crippen molar-refractivity contribution >= 4 is 57.9 Å². The Hall–Kier alpha value is -0.310. The van der Waals surface area contributed by atoms with Crippen LogP contribution in [0.5, 0.6) is 0 Å². The summed E-state index contributed by atoms with van der Waals surface area (Å²) in [6.07, 6.45) is 0.819. The van der Waals surface area contributed by atoms with Crippen LogP contribution in [0.15, 0.2) is 35.2 Å². The predicted molar refractivity (Wildman–Crippen MR) is 96.6 cm³/mol. The minimum atomic E-state index is -1.12. The van der Waals surface area contributed by atoms with Crippen LogP contribution in [0.1, 0.15) is 19.4 Å². The first-order valence-electron chi connectivity index (χ1n) is 6.44. The minimum absolute atomic E-state index is 0.655. The maximum atomic E-state index is 12.0. The Bertz CT molecular complexity index is 634. The summed E-state index contributed by atoms with van der Waals surface area (Å²) in [5, 5.41) is 2.23. The average molecular weight is 421 g/mol. The standard InChI is InChI=1S/C12H10INO2S2.C2H6/c13-17-16-7-6-9-5-4-8-2-1-3-10-11(8)12(9)14-18(10)15;1-2/h1-5,14H,6-7H2;1-2H3. The van der Waals surface area contributed by atoms with Crippen LogP contribution in [0.3, 0.4) is 0 Å². The number of nitrogens with one attached hydrogen (secondary N) is 1. The number of benzene rings is 2. The molecule has 0 spiro atoms. The molecule has 0 saturated heterocycles. The summed E-state index contributed by atoms with van der Waals surface area (Å²) in [4.78, 5) is 0.883. The Morgan fingerprint density at radius 2 is 2.10 bits per heavy atom. The fourth-order valence-corrected chi connectivity index (χ4v) is 4.02. The van der Waals surface area contributed by atoms with Gasteiger partial charge < -0.3 is 8.91 Å². The van der Waals surface area contributed by atoms with Crippen molar-refractivity contribution in [3.63, 3.8) is 0 Å². The van der Waals surface area contributed by atoms with E-state index >= 15 is 0 Å². The highest BCUT2D eigenvalue weighted by atomic mass is 127. The van der Waals surface area contributed by atoms with Gasteiger partial charge in [-0.05, 0) is 23.4 Å². The molecule has 3 nitrogen and oxygen atoms in total. The highest BCUT2D eigenvalue weighted by molar-refractivity contribution is 14.2. The Kier molecular flexibility index (Phi) is 6.13. The molecule has 0 aliphatic carbocycles. The van der Waals surface area contributed by atoms with Crippen molar-refractivity contribution in [1.29, 1.82) is 0 Å². The van der Waals surface area contributed by atoms with Gasteiger partial charge in [0.1, 0.15) is 0 Å². The zero-order chi connectivity index (χ0) is 14.5. The molecule has 1 unspecified atom stereocenters. The SMILES string of the molecule is CC.O=S1Nc2c(CCOSI)ccc3cccc1c23. The molecule has 1 aliphatic rings. The molecule has 0 radical (unpaired) electrons. The van der Waals surface area contributed by atoms with E-state index in [0.29, 0.717) is 6.61 Å². The lowest BCUT2D eigenvalue weighted by molar-refractivity contribution is 0.386. The van der Waals surface area contributed by atoms with Gasteiger partial charge in [0.25, 0.3) is 0 Å². The summed E-state index contributed by atoms with van der Waals surface area (Å²) in [5.74, 6) is 0. The molecule has 2 aromatic carbocycles. The van der Waals surface area contributed by atoms with E-state index in [1.807, 2.05) is 32.0 Å². The lowest BCUT2D eigenvalue weighted by atomic mass is 10.0. The Morgan fingerprint density at radius 1 is 1.30 bits per heavy atom. The molecule has 0 amide bonds. The second-order valence-corrected chi connectivity index (χ2v) is 6.58. The third-order valence-corrected chi connectivity index (χ3v) is 5.14. The van der Waals surface area contributed by atoms with Crippen LogP contribution in [0.25, 0.3) is 10.8 Å². The topological polar surface area (TPSA) is 38.3 Å². The summed E-state index contributed by atoms with van der Waals surface area (Å²) in [7, 11) is 0.220. The molecule has 108 valence electrons. The average Bonchev–Trinajstić information content (AvgIpc) is 2.83. The van der Waals surface area contributed by atoms with Gasteiger partial charge in [-0.2, -0.15) is 0 Å². The van der Waals surface area contributed by atoms with Gasteiger partial charge in [0.15, 0.2) is 11.0 Å². The second kappa shape index (κ2) is 7.63. The number of hydrogen-bond acceptors (Lipinski definition) is 3. The zero-order valence-electron chi connectivity index (χ0n) is 11.3. The van der Waals surface area contributed by atoms with Crippen molar-refractivity contribution < 1.29 is 8.39 Å². The summed E-state index contributed by atoms with van der Waals surface area (Å²) in [6.45, 7) is 4.66. The third kappa shape index (κ3) is 3.13. The Labute approximate surface area is 138 Å². The molecular formula is C14H16INO2S2. The molecule has 1 N–H and O–H groups in total. The molecule has 20 heavy (non-hydrogen) atoms. The summed E-state index contributed by atoms with van der Waals surface area (Å²) in [5.41, 5.74) is 2.16. The molecular weight excluding hydrogens is 405 g/mol. The van der Waals surface area contributed by atoms with E-state index in [1.165, 1.54) is 9.21 Å². The van der Waals surface area contributed by atoms with E-state index < -0.39 is 11.0 Å². The molecule has 0 fully saturated rings. The first-order chi connectivity index (χ1) is 9.81. The molecule has 2 aromatic rings. The van der Waals surface area contributed by atoms with Crippen LogP contribution in [-0.4, -0.2) is 10.8 Å². The highest BCUT2D eigenvalue weighted by Crippen LogP contribution is 2.38. The number of halogens is 1. The van der Waals surface area contributed by atoms with Crippen molar-refractivity contribution in [2.75, 3.05) is 11.3 Å². The van der Waals surface area contributed by atoms with Gasteiger partial charge in [0.2, 0.25) is 0 Å². The lowest BCUT2D eigenvalue weighted by Gasteiger charge is -2.07. The van der Waals surface area contributed by atoms with Crippen LogP contribution in [0, 0.1) is 0 Å². The minimum Gasteiger partial charge on any atom is -0.305 e. The van der Waals surface area contributed by atoms with Crippen LogP contribution in [-0.2, 0) is 21.6 Å². The van der Waals surface area contributed by atoms with E-state index in [9.17, 15) is 4.21 Å². The van der Waals surface area contributed by atoms with E-state index in [4.69, 9.17) is 4.18 Å². The van der Waals surface area contributed by atoms with Gasteiger partial charge >= 0.3 is 0 Å². The maximum absolute atomic E-state index is 12.0. The van der Waals surface area contributed by atoms with Gasteiger partial charge in [-0.15, -0.1) is 0 Å². The quantitative estimate of drug-likeness (QED) is 0.435. The lowest BCUT2D eigenvalue weighted by Crippen LogP contribution is -2.00.